The molecule has 0 bridgehead atoms. The van der Waals surface area contributed by atoms with E-state index in [0.717, 1.165) is 10.7 Å². The van der Waals surface area contributed by atoms with E-state index < -0.39 is 22.9 Å². The second-order valence-corrected chi connectivity index (χ2v) is 5.21. The molecule has 0 spiro atoms. The zero-order chi connectivity index (χ0) is 17.4. The number of carbonyl (C=O) groups is 1. The summed E-state index contributed by atoms with van der Waals surface area (Å²) in [6.45, 7) is 0. The first kappa shape index (κ1) is 15.6. The average molecular weight is 344 g/mol. The van der Waals surface area contributed by atoms with E-state index >= 15 is 0 Å². The van der Waals surface area contributed by atoms with Crippen molar-refractivity contribution in [1.29, 1.82) is 5.26 Å². The van der Waals surface area contributed by atoms with Gasteiger partial charge in [0.05, 0.1) is 33.2 Å². The fourth-order valence-electron chi connectivity index (χ4n) is 2.32. The van der Waals surface area contributed by atoms with Crippen LogP contribution in [-0.2, 0) is 0 Å². The maximum Gasteiger partial charge on any atom is 0.360 e. The Hall–Kier alpha value is -3.24. The number of benzene rings is 2. The molecule has 0 fully saturated rings. The largest absolute Gasteiger partial charge is 0.476 e. The van der Waals surface area contributed by atoms with E-state index in [1.54, 1.807) is 0 Å². The van der Waals surface area contributed by atoms with E-state index in [4.69, 9.17) is 11.6 Å². The Kier molecular flexibility index (Phi) is 3.75. The molecule has 0 aliphatic rings. The van der Waals surface area contributed by atoms with E-state index in [1.165, 1.54) is 30.3 Å². The monoisotopic (exact) mass is 343 g/mol. The third kappa shape index (κ3) is 2.39. The van der Waals surface area contributed by atoms with Crippen LogP contribution in [0.3, 0.4) is 0 Å². The highest BCUT2D eigenvalue weighted by atomic mass is 35.5. The normalized spacial score (nSPS) is 10.5. The maximum absolute atomic E-state index is 13.4. The van der Waals surface area contributed by atoms with Crippen LogP contribution in [0.2, 0.25) is 5.02 Å². The van der Waals surface area contributed by atoms with Gasteiger partial charge in [0.15, 0.2) is 0 Å². The topological polar surface area (TPSA) is 96.0 Å². The highest BCUT2D eigenvalue weighted by Gasteiger charge is 2.19. The van der Waals surface area contributed by atoms with Crippen LogP contribution in [0.4, 0.5) is 4.39 Å². The molecule has 6 nitrogen and oxygen atoms in total. The van der Waals surface area contributed by atoms with E-state index in [0.29, 0.717) is 0 Å². The highest BCUT2D eigenvalue weighted by molar-refractivity contribution is 6.30. The van der Waals surface area contributed by atoms with Gasteiger partial charge in [-0.1, -0.05) is 17.7 Å². The van der Waals surface area contributed by atoms with Gasteiger partial charge in [0.2, 0.25) is 11.1 Å². The lowest BCUT2D eigenvalue weighted by molar-refractivity contribution is 0.0687. The predicted molar refractivity (Wildman–Crippen MR) is 84.0 cm³/mol. The lowest BCUT2D eigenvalue weighted by atomic mass is 10.1. The van der Waals surface area contributed by atoms with E-state index in [-0.39, 0.29) is 27.2 Å². The smallest absolute Gasteiger partial charge is 0.360 e. The number of carboxylic acid groups (broad SMARTS) is 1. The average Bonchev–Trinajstić information content (AvgIpc) is 2.57. The van der Waals surface area contributed by atoms with E-state index in [1.807, 2.05) is 6.07 Å². The lowest BCUT2D eigenvalue weighted by Crippen LogP contribution is -2.23. The molecule has 3 aromatic rings. The van der Waals surface area contributed by atoms with Gasteiger partial charge < -0.3 is 5.11 Å². The molecule has 0 radical (unpaired) electrons. The Bertz CT molecular complexity index is 1100. The molecule has 118 valence electrons. The number of carboxylic acids is 1. The number of hydrogen-bond acceptors (Lipinski definition) is 4. The van der Waals surface area contributed by atoms with Crippen molar-refractivity contribution in [2.75, 3.05) is 0 Å². The van der Waals surface area contributed by atoms with Crippen LogP contribution in [0.5, 0.6) is 0 Å². The quantitative estimate of drug-likeness (QED) is 0.771. The Balaban J connectivity index is 2.50. The predicted octanol–water partition coefficient (Wildman–Crippen LogP) is 2.75. The molecule has 0 saturated carbocycles. The fraction of sp³-hybridized carbons (Fsp3) is 0. The molecule has 3 rings (SSSR count). The van der Waals surface area contributed by atoms with Gasteiger partial charge in [-0.05, 0) is 30.3 Å². The van der Waals surface area contributed by atoms with Crippen molar-refractivity contribution in [3.63, 3.8) is 0 Å². The molecule has 1 aromatic heterocycles. The molecular weight excluding hydrogens is 337 g/mol. The highest BCUT2D eigenvalue weighted by Crippen LogP contribution is 2.22. The summed E-state index contributed by atoms with van der Waals surface area (Å²) < 4.78 is 14.5. The molecule has 0 atom stereocenters. The molecule has 0 saturated heterocycles. The van der Waals surface area contributed by atoms with Gasteiger partial charge in [0.1, 0.15) is 5.82 Å². The maximum atomic E-state index is 13.4. The number of fused-ring (bicyclic) bond motifs is 1. The number of rotatable bonds is 2. The second kappa shape index (κ2) is 5.76. The summed E-state index contributed by atoms with van der Waals surface area (Å²) in [6.07, 6.45) is 0. The second-order valence-electron chi connectivity index (χ2n) is 4.80. The number of nitrogens with zero attached hydrogens (tertiary/aromatic N) is 3. The van der Waals surface area contributed by atoms with Gasteiger partial charge >= 0.3 is 5.97 Å². The third-order valence-electron chi connectivity index (χ3n) is 3.38. The number of hydrogen-bond donors (Lipinski definition) is 1. The van der Waals surface area contributed by atoms with Crippen LogP contribution >= 0.6 is 11.6 Å². The minimum atomic E-state index is -1.53. The van der Waals surface area contributed by atoms with Crippen molar-refractivity contribution < 1.29 is 14.3 Å². The summed E-state index contributed by atoms with van der Waals surface area (Å²) in [5.41, 5.74) is -1.12. The zero-order valence-electron chi connectivity index (χ0n) is 11.8. The SMILES string of the molecule is N#Cc1cccc2c1c(=O)c(C(=O)O)nn2-c1ccc(F)c(Cl)c1. The van der Waals surface area contributed by atoms with Crippen LogP contribution in [-0.4, -0.2) is 20.9 Å². The summed E-state index contributed by atoms with van der Waals surface area (Å²) in [4.78, 5) is 23.7. The van der Waals surface area contributed by atoms with Crippen molar-refractivity contribution in [2.45, 2.75) is 0 Å². The Morgan fingerprint density at radius 2 is 2.08 bits per heavy atom. The lowest BCUT2D eigenvalue weighted by Gasteiger charge is -2.12. The van der Waals surface area contributed by atoms with Gasteiger partial charge in [-0.15, -0.1) is 0 Å². The summed E-state index contributed by atoms with van der Waals surface area (Å²) in [5, 5.41) is 22.0. The van der Waals surface area contributed by atoms with Crippen molar-refractivity contribution >= 4 is 28.5 Å². The summed E-state index contributed by atoms with van der Waals surface area (Å²) >= 11 is 5.76. The fourth-order valence-corrected chi connectivity index (χ4v) is 2.49. The molecule has 0 amide bonds. The zero-order valence-corrected chi connectivity index (χ0v) is 12.6. The molecule has 1 heterocycles. The minimum Gasteiger partial charge on any atom is -0.476 e. The molecule has 0 unspecified atom stereocenters. The molecular formula is C16H7ClFN3O3. The molecule has 24 heavy (non-hydrogen) atoms. The first-order valence-electron chi connectivity index (χ1n) is 6.59. The van der Waals surface area contributed by atoms with Crippen molar-refractivity contribution in [3.05, 3.63) is 68.7 Å². The van der Waals surface area contributed by atoms with Gasteiger partial charge in [-0.25, -0.2) is 13.9 Å². The van der Waals surface area contributed by atoms with Crippen molar-refractivity contribution in [3.8, 4) is 11.8 Å². The number of aromatic nitrogens is 2. The third-order valence-corrected chi connectivity index (χ3v) is 3.67. The van der Waals surface area contributed by atoms with Crippen LogP contribution in [0.15, 0.2) is 41.2 Å². The number of nitriles is 1. The molecule has 1 N–H and O–H groups in total. The summed E-state index contributed by atoms with van der Waals surface area (Å²) in [5.74, 6) is -2.18. The van der Waals surface area contributed by atoms with Gasteiger partial charge in [-0.2, -0.15) is 10.4 Å². The van der Waals surface area contributed by atoms with Crippen LogP contribution in [0.25, 0.3) is 16.6 Å². The van der Waals surface area contributed by atoms with Crippen LogP contribution in [0.1, 0.15) is 16.1 Å². The molecule has 2 aromatic carbocycles. The standard InChI is InChI=1S/C16H7ClFN3O3/c17-10-6-9(4-5-11(10)18)21-12-3-1-2-8(7-19)13(12)15(22)14(20-21)16(23)24/h1-6H,(H,23,24). The molecule has 0 aliphatic heterocycles. The Morgan fingerprint density at radius 3 is 2.71 bits per heavy atom. The Labute approximate surface area is 138 Å². The van der Waals surface area contributed by atoms with Crippen LogP contribution in [0, 0.1) is 17.1 Å². The minimum absolute atomic E-state index is 0.0179. The number of halogens is 2. The van der Waals surface area contributed by atoms with E-state index in [2.05, 4.69) is 5.10 Å². The number of aromatic carboxylic acids is 1. The molecule has 8 heteroatoms. The van der Waals surface area contributed by atoms with Gasteiger partial charge in [0, 0.05) is 0 Å². The van der Waals surface area contributed by atoms with Gasteiger partial charge in [0.25, 0.3) is 0 Å². The first-order valence-corrected chi connectivity index (χ1v) is 6.96. The van der Waals surface area contributed by atoms with E-state index in [9.17, 15) is 24.3 Å². The van der Waals surface area contributed by atoms with Crippen molar-refractivity contribution in [2.24, 2.45) is 0 Å². The summed E-state index contributed by atoms with van der Waals surface area (Å²) in [6, 6.07) is 9.98. The van der Waals surface area contributed by atoms with Crippen molar-refractivity contribution in [1.82, 2.24) is 9.78 Å². The van der Waals surface area contributed by atoms with Gasteiger partial charge in [-0.3, -0.25) is 4.79 Å². The first-order chi connectivity index (χ1) is 11.4. The summed E-state index contributed by atoms with van der Waals surface area (Å²) in [7, 11) is 0. The Morgan fingerprint density at radius 1 is 1.33 bits per heavy atom. The molecule has 0 aliphatic carbocycles. The van der Waals surface area contributed by atoms with Crippen LogP contribution < -0.4 is 5.43 Å².